The number of hydrogen-bond donors (Lipinski definition) is 0. The van der Waals surface area contributed by atoms with E-state index in [1.807, 2.05) is 18.2 Å². The Morgan fingerprint density at radius 2 is 1.96 bits per heavy atom. The molecule has 1 aliphatic heterocycles. The molecule has 0 aromatic heterocycles. The molecule has 0 amide bonds. The van der Waals surface area contributed by atoms with Gasteiger partial charge in [0.2, 0.25) is 0 Å². The van der Waals surface area contributed by atoms with Crippen molar-refractivity contribution in [2.75, 3.05) is 26.0 Å². The largest absolute Gasteiger partial charge is 0.493 e. The SMILES string of the molecule is CC1CC(COc2ccc(S(C)(=O)=O)cc2)CN1CCc1cccc(C#N)c1. The van der Waals surface area contributed by atoms with E-state index in [1.165, 1.54) is 11.8 Å². The zero-order chi connectivity index (χ0) is 20.1. The maximum Gasteiger partial charge on any atom is 0.175 e. The third-order valence-electron chi connectivity index (χ3n) is 5.27. The second-order valence-electron chi connectivity index (χ2n) is 7.56. The molecular weight excluding hydrogens is 372 g/mol. The monoisotopic (exact) mass is 398 g/mol. The number of nitrogens with zero attached hydrogens (tertiary/aromatic N) is 2. The summed E-state index contributed by atoms with van der Waals surface area (Å²) in [5, 5.41) is 9.02. The van der Waals surface area contributed by atoms with Crippen LogP contribution in [0, 0.1) is 17.2 Å². The van der Waals surface area contributed by atoms with Crippen molar-refractivity contribution in [3.63, 3.8) is 0 Å². The van der Waals surface area contributed by atoms with Gasteiger partial charge in [0.1, 0.15) is 5.75 Å². The van der Waals surface area contributed by atoms with Gasteiger partial charge in [-0.05, 0) is 61.7 Å². The average molecular weight is 399 g/mol. The Hall–Kier alpha value is -2.36. The minimum Gasteiger partial charge on any atom is -0.493 e. The van der Waals surface area contributed by atoms with Crippen LogP contribution in [0.5, 0.6) is 5.75 Å². The number of nitriles is 1. The molecule has 2 aromatic carbocycles. The van der Waals surface area contributed by atoms with Gasteiger partial charge in [0.25, 0.3) is 0 Å². The van der Waals surface area contributed by atoms with Crippen molar-refractivity contribution < 1.29 is 13.2 Å². The fourth-order valence-corrected chi connectivity index (χ4v) is 4.35. The van der Waals surface area contributed by atoms with Crippen LogP contribution in [0.15, 0.2) is 53.4 Å². The van der Waals surface area contributed by atoms with E-state index in [2.05, 4.69) is 24.0 Å². The van der Waals surface area contributed by atoms with Gasteiger partial charge in [-0.3, -0.25) is 4.90 Å². The smallest absolute Gasteiger partial charge is 0.175 e. The molecule has 6 heteroatoms. The van der Waals surface area contributed by atoms with Crippen LogP contribution in [0.1, 0.15) is 24.5 Å². The predicted octanol–water partition coefficient (Wildman–Crippen LogP) is 3.29. The molecule has 1 saturated heterocycles. The van der Waals surface area contributed by atoms with E-state index >= 15 is 0 Å². The number of sulfone groups is 1. The lowest BCUT2D eigenvalue weighted by Gasteiger charge is -2.21. The molecule has 0 spiro atoms. The Balaban J connectivity index is 1.49. The molecule has 148 valence electrons. The molecule has 2 unspecified atom stereocenters. The second kappa shape index (κ2) is 8.76. The standard InChI is InChI=1S/C22H26N2O3S/c1-17-12-20(16-27-21-6-8-22(9-7-21)28(2,25)26)15-24(17)11-10-18-4-3-5-19(13-18)14-23/h3-9,13,17,20H,10-12,15-16H2,1-2H3. The van der Waals surface area contributed by atoms with Crippen LogP contribution >= 0.6 is 0 Å². The van der Waals surface area contributed by atoms with E-state index in [1.54, 1.807) is 24.3 Å². The molecule has 2 atom stereocenters. The molecule has 5 nitrogen and oxygen atoms in total. The maximum atomic E-state index is 11.5. The van der Waals surface area contributed by atoms with E-state index in [0.29, 0.717) is 34.8 Å². The first-order valence-corrected chi connectivity index (χ1v) is 11.4. The Kier molecular flexibility index (Phi) is 6.38. The lowest BCUT2D eigenvalue weighted by molar-refractivity contribution is 0.234. The third kappa shape index (κ3) is 5.34. The molecule has 3 rings (SSSR count). The van der Waals surface area contributed by atoms with Gasteiger partial charge in [-0.25, -0.2) is 8.42 Å². The fraction of sp³-hybridized carbons (Fsp3) is 0.409. The molecule has 0 saturated carbocycles. The summed E-state index contributed by atoms with van der Waals surface area (Å²) in [4.78, 5) is 2.78. The zero-order valence-electron chi connectivity index (χ0n) is 16.3. The van der Waals surface area contributed by atoms with E-state index < -0.39 is 9.84 Å². The normalized spacial score (nSPS) is 20.0. The summed E-state index contributed by atoms with van der Waals surface area (Å²) in [5.74, 6) is 1.15. The number of likely N-dealkylation sites (tertiary alicyclic amines) is 1. The summed E-state index contributed by atoms with van der Waals surface area (Å²) in [6.45, 7) is 4.83. The molecule has 1 fully saturated rings. The van der Waals surface area contributed by atoms with Crippen molar-refractivity contribution >= 4 is 9.84 Å². The van der Waals surface area contributed by atoms with Gasteiger partial charge < -0.3 is 4.74 Å². The number of hydrogen-bond acceptors (Lipinski definition) is 5. The Bertz CT molecular complexity index is 948. The van der Waals surface area contributed by atoms with Crippen LogP contribution in [-0.4, -0.2) is 45.3 Å². The lowest BCUT2D eigenvalue weighted by atomic mass is 10.1. The first-order chi connectivity index (χ1) is 13.3. The molecule has 1 heterocycles. The van der Waals surface area contributed by atoms with Crippen LogP contribution in [0.2, 0.25) is 0 Å². The number of ether oxygens (including phenoxy) is 1. The fourth-order valence-electron chi connectivity index (χ4n) is 3.72. The van der Waals surface area contributed by atoms with Crippen LogP contribution in [0.3, 0.4) is 0 Å². The van der Waals surface area contributed by atoms with Crippen LogP contribution in [0.25, 0.3) is 0 Å². The summed E-state index contributed by atoms with van der Waals surface area (Å²) >= 11 is 0. The topological polar surface area (TPSA) is 70.4 Å². The summed E-state index contributed by atoms with van der Waals surface area (Å²) in [5.41, 5.74) is 1.90. The highest BCUT2D eigenvalue weighted by molar-refractivity contribution is 7.90. The van der Waals surface area contributed by atoms with E-state index in [-0.39, 0.29) is 0 Å². The minimum absolute atomic E-state index is 0.306. The maximum absolute atomic E-state index is 11.5. The molecule has 0 bridgehead atoms. The van der Waals surface area contributed by atoms with Crippen molar-refractivity contribution in [2.45, 2.75) is 30.7 Å². The summed E-state index contributed by atoms with van der Waals surface area (Å²) in [7, 11) is -3.18. The lowest BCUT2D eigenvalue weighted by Crippen LogP contribution is -2.29. The minimum atomic E-state index is -3.18. The highest BCUT2D eigenvalue weighted by atomic mass is 32.2. The van der Waals surface area contributed by atoms with Gasteiger partial charge in [-0.2, -0.15) is 5.26 Å². The van der Waals surface area contributed by atoms with E-state index in [4.69, 9.17) is 10.00 Å². The van der Waals surface area contributed by atoms with Gasteiger partial charge in [0.05, 0.1) is 23.1 Å². The average Bonchev–Trinajstić information content (AvgIpc) is 3.04. The molecule has 2 aromatic rings. The van der Waals surface area contributed by atoms with Gasteiger partial charge in [-0.15, -0.1) is 0 Å². The van der Waals surface area contributed by atoms with Gasteiger partial charge >= 0.3 is 0 Å². The molecule has 28 heavy (non-hydrogen) atoms. The molecule has 0 radical (unpaired) electrons. The third-order valence-corrected chi connectivity index (χ3v) is 6.40. The number of benzene rings is 2. The molecular formula is C22H26N2O3S. The van der Waals surface area contributed by atoms with Crippen LogP contribution < -0.4 is 4.74 Å². The Morgan fingerprint density at radius 1 is 1.21 bits per heavy atom. The predicted molar refractivity (Wildman–Crippen MR) is 109 cm³/mol. The highest BCUT2D eigenvalue weighted by Gasteiger charge is 2.29. The van der Waals surface area contributed by atoms with Crippen molar-refractivity contribution in [3.8, 4) is 11.8 Å². The molecule has 0 aliphatic carbocycles. The summed E-state index contributed by atoms with van der Waals surface area (Å²) in [6.07, 6.45) is 3.22. The summed E-state index contributed by atoms with van der Waals surface area (Å²) in [6, 6.07) is 17.1. The first kappa shape index (κ1) is 20.4. The van der Waals surface area contributed by atoms with Crippen molar-refractivity contribution in [1.82, 2.24) is 4.90 Å². The van der Waals surface area contributed by atoms with Gasteiger partial charge in [-0.1, -0.05) is 12.1 Å². The van der Waals surface area contributed by atoms with Gasteiger partial charge in [0, 0.05) is 31.3 Å². The molecule has 1 aliphatic rings. The molecule has 0 N–H and O–H groups in total. The van der Waals surface area contributed by atoms with Crippen LogP contribution in [-0.2, 0) is 16.3 Å². The van der Waals surface area contributed by atoms with Gasteiger partial charge in [0.15, 0.2) is 9.84 Å². The highest BCUT2D eigenvalue weighted by Crippen LogP contribution is 2.25. The van der Waals surface area contributed by atoms with Crippen molar-refractivity contribution in [2.24, 2.45) is 5.92 Å². The zero-order valence-corrected chi connectivity index (χ0v) is 17.2. The summed E-state index contributed by atoms with van der Waals surface area (Å²) < 4.78 is 28.9. The first-order valence-electron chi connectivity index (χ1n) is 9.51. The van der Waals surface area contributed by atoms with E-state index in [9.17, 15) is 8.42 Å². The van der Waals surface area contributed by atoms with Crippen LogP contribution in [0.4, 0.5) is 0 Å². The Labute approximate surface area is 167 Å². The van der Waals surface area contributed by atoms with E-state index in [0.717, 1.165) is 25.9 Å². The van der Waals surface area contributed by atoms with Crippen molar-refractivity contribution in [1.29, 1.82) is 5.26 Å². The van der Waals surface area contributed by atoms with Crippen molar-refractivity contribution in [3.05, 3.63) is 59.7 Å². The quantitative estimate of drug-likeness (QED) is 0.716. The second-order valence-corrected chi connectivity index (χ2v) is 9.58. The Morgan fingerprint density at radius 3 is 2.64 bits per heavy atom. The number of rotatable bonds is 7.